The van der Waals surface area contributed by atoms with Crippen molar-refractivity contribution in [1.82, 2.24) is 4.98 Å². The minimum atomic E-state index is -4.42. The van der Waals surface area contributed by atoms with Crippen molar-refractivity contribution in [3.05, 3.63) is 18.2 Å². The minimum Gasteiger partial charge on any atom is -0.484 e. The molecule has 0 amide bonds. The number of guanidine groups is 1. The normalized spacial score (nSPS) is 11.9. The van der Waals surface area contributed by atoms with Crippen LogP contribution in [-0.2, 0) is 4.74 Å². The molecule has 1 heterocycles. The Hall–Kier alpha value is -2.52. The molecule has 7 nitrogen and oxygen atoms in total. The molecule has 0 aromatic carbocycles. The van der Waals surface area contributed by atoms with Crippen molar-refractivity contribution in [2.45, 2.75) is 19.0 Å². The number of anilines is 1. The number of halogens is 3. The molecule has 0 saturated heterocycles. The molecule has 0 aliphatic carbocycles. The topological polar surface area (TPSA) is 106 Å². The first kappa shape index (κ1) is 18.5. The summed E-state index contributed by atoms with van der Waals surface area (Å²) in [6, 6.07) is 4.72. The molecule has 128 valence electrons. The molecule has 0 atom stereocenters. The van der Waals surface area contributed by atoms with Gasteiger partial charge in [0, 0.05) is 12.5 Å². The zero-order valence-electron chi connectivity index (χ0n) is 12.5. The maximum atomic E-state index is 12.0. The number of nitrogens with two attached hydrogens (primary N) is 1. The number of alkyl halides is 3. The zero-order valence-corrected chi connectivity index (χ0v) is 12.5. The largest absolute Gasteiger partial charge is 0.484 e. The molecule has 0 radical (unpaired) electrons. The molecule has 23 heavy (non-hydrogen) atoms. The molecule has 1 rings (SSSR count). The number of hydrogen-bond donors (Lipinski definition) is 3. The van der Waals surface area contributed by atoms with Crippen LogP contribution in [0.25, 0.3) is 0 Å². The third kappa shape index (κ3) is 8.49. The van der Waals surface area contributed by atoms with Crippen LogP contribution in [-0.4, -0.2) is 43.3 Å². The van der Waals surface area contributed by atoms with Gasteiger partial charge in [0.1, 0.15) is 12.4 Å². The molecule has 0 unspecified atom stereocenters. The van der Waals surface area contributed by atoms with Crippen molar-refractivity contribution in [3.8, 4) is 5.88 Å². The van der Waals surface area contributed by atoms with Crippen LogP contribution >= 0.6 is 0 Å². The highest BCUT2D eigenvalue weighted by molar-refractivity contribution is 5.91. The maximum Gasteiger partial charge on any atom is 0.408 e. The number of nitrogens with zero attached hydrogens (tertiary/aromatic N) is 2. The van der Waals surface area contributed by atoms with Gasteiger partial charge < -0.3 is 20.5 Å². The number of aliphatic imine (C=N–C) groups is 1. The lowest BCUT2D eigenvalue weighted by Gasteiger charge is -2.09. The van der Waals surface area contributed by atoms with Gasteiger partial charge in [-0.25, -0.2) is 4.99 Å². The lowest BCUT2D eigenvalue weighted by Crippen LogP contribution is -2.26. The average molecular weight is 333 g/mol. The van der Waals surface area contributed by atoms with Crippen molar-refractivity contribution in [3.63, 3.8) is 0 Å². The van der Waals surface area contributed by atoms with E-state index >= 15 is 0 Å². The zero-order chi connectivity index (χ0) is 17.3. The van der Waals surface area contributed by atoms with Gasteiger partial charge in [0.15, 0.2) is 11.9 Å². The van der Waals surface area contributed by atoms with Gasteiger partial charge in [0.2, 0.25) is 5.88 Å². The van der Waals surface area contributed by atoms with Gasteiger partial charge in [-0.1, -0.05) is 6.07 Å². The van der Waals surface area contributed by atoms with E-state index in [1.165, 1.54) is 13.2 Å². The van der Waals surface area contributed by atoms with Crippen LogP contribution < -0.4 is 15.8 Å². The van der Waals surface area contributed by atoms with Crippen LogP contribution in [0, 0.1) is 5.41 Å². The first-order chi connectivity index (χ1) is 10.8. The van der Waals surface area contributed by atoms with E-state index in [1.807, 2.05) is 0 Å². The van der Waals surface area contributed by atoms with E-state index in [4.69, 9.17) is 20.6 Å². The predicted octanol–water partition coefficient (Wildman–Crippen LogP) is 2.15. The number of ether oxygens (including phenoxy) is 2. The van der Waals surface area contributed by atoms with E-state index in [2.05, 4.69) is 15.3 Å². The summed E-state index contributed by atoms with van der Waals surface area (Å²) in [6.45, 7) is -1.05. The third-order valence-corrected chi connectivity index (χ3v) is 2.45. The van der Waals surface area contributed by atoms with Crippen molar-refractivity contribution >= 4 is 17.7 Å². The van der Waals surface area contributed by atoms with Crippen molar-refractivity contribution in [2.24, 2.45) is 10.7 Å². The van der Waals surface area contributed by atoms with Gasteiger partial charge >= 0.3 is 6.18 Å². The molecule has 1 aromatic rings. The van der Waals surface area contributed by atoms with Gasteiger partial charge in [0.25, 0.3) is 0 Å². The molecule has 0 aliphatic heterocycles. The van der Waals surface area contributed by atoms with Gasteiger partial charge in [-0.3, -0.25) is 5.41 Å². The molecule has 0 bridgehead atoms. The van der Waals surface area contributed by atoms with Crippen molar-refractivity contribution in [1.29, 1.82) is 5.41 Å². The maximum absolute atomic E-state index is 12.0. The first-order valence-electron chi connectivity index (χ1n) is 6.65. The minimum absolute atomic E-state index is 0.158. The van der Waals surface area contributed by atoms with Crippen LogP contribution in [0.5, 0.6) is 5.88 Å². The molecule has 4 N–H and O–H groups in total. The third-order valence-electron chi connectivity index (χ3n) is 2.45. The van der Waals surface area contributed by atoms with E-state index in [0.717, 1.165) is 0 Å². The second-order valence-corrected chi connectivity index (χ2v) is 4.38. The lowest BCUT2D eigenvalue weighted by molar-refractivity contribution is -0.118. The molecule has 0 fully saturated rings. The van der Waals surface area contributed by atoms with E-state index in [-0.39, 0.29) is 23.6 Å². The van der Waals surface area contributed by atoms with Gasteiger partial charge in [-0.2, -0.15) is 18.2 Å². The lowest BCUT2D eigenvalue weighted by atomic mass is 10.3. The molecule has 10 heteroatoms. The number of nitrogens with one attached hydrogen (secondary N) is 2. The van der Waals surface area contributed by atoms with Gasteiger partial charge in [0.05, 0.1) is 13.7 Å². The second kappa shape index (κ2) is 8.81. The van der Waals surface area contributed by atoms with E-state index in [1.54, 1.807) is 12.1 Å². The summed E-state index contributed by atoms with van der Waals surface area (Å²) in [5.41, 5.74) is 5.35. The highest BCUT2D eigenvalue weighted by atomic mass is 19.4. The Bertz CT molecular complexity index is 549. The fourth-order valence-electron chi connectivity index (χ4n) is 1.42. The first-order valence-corrected chi connectivity index (χ1v) is 6.65. The summed E-state index contributed by atoms with van der Waals surface area (Å²) in [5.74, 6) is 0.268. The number of hydrogen-bond acceptors (Lipinski definition) is 5. The van der Waals surface area contributed by atoms with Crippen LogP contribution in [0.4, 0.5) is 19.0 Å². The van der Waals surface area contributed by atoms with Crippen LogP contribution in [0.3, 0.4) is 0 Å². The summed E-state index contributed by atoms with van der Waals surface area (Å²) in [6.07, 6.45) is -3.41. The molecule has 0 saturated carbocycles. The van der Waals surface area contributed by atoms with E-state index < -0.39 is 12.7 Å². The Kier molecular flexibility index (Phi) is 7.10. The molecular formula is C13H18F3N5O2. The summed E-state index contributed by atoms with van der Waals surface area (Å²) >= 11 is 0. The number of rotatable bonds is 7. The Morgan fingerprint density at radius 2 is 2.17 bits per heavy atom. The van der Waals surface area contributed by atoms with E-state index in [9.17, 15) is 13.2 Å². The highest BCUT2D eigenvalue weighted by Gasteiger charge is 2.26. The second-order valence-electron chi connectivity index (χ2n) is 4.38. The fraction of sp³-hybridized carbons (Fsp3) is 0.462. The quantitative estimate of drug-likeness (QED) is 0.403. The fourth-order valence-corrected chi connectivity index (χ4v) is 1.42. The Labute approximate surface area is 131 Å². The summed E-state index contributed by atoms with van der Waals surface area (Å²) in [4.78, 5) is 7.20. The smallest absolute Gasteiger partial charge is 0.408 e. The Morgan fingerprint density at radius 1 is 1.43 bits per heavy atom. The molecule has 0 aliphatic rings. The number of aromatic nitrogens is 1. The predicted molar refractivity (Wildman–Crippen MR) is 79.9 cm³/mol. The molecule has 0 spiro atoms. The van der Waals surface area contributed by atoms with E-state index in [0.29, 0.717) is 19.4 Å². The number of methoxy groups -OCH3 is 1. The van der Waals surface area contributed by atoms with Gasteiger partial charge in [-0.15, -0.1) is 0 Å². The van der Waals surface area contributed by atoms with Crippen molar-refractivity contribution in [2.75, 3.05) is 25.6 Å². The molecule has 1 aromatic heterocycles. The average Bonchev–Trinajstić information content (AvgIpc) is 2.49. The van der Waals surface area contributed by atoms with Gasteiger partial charge in [-0.05, 0) is 12.5 Å². The Morgan fingerprint density at radius 3 is 2.83 bits per heavy atom. The monoisotopic (exact) mass is 333 g/mol. The summed E-state index contributed by atoms with van der Waals surface area (Å²) < 4.78 is 46.2. The SMILES string of the molecule is COC(=N)CCCOc1cccc(NC(N)=NCC(F)(F)F)n1. The van der Waals surface area contributed by atoms with Crippen LogP contribution in [0.2, 0.25) is 0 Å². The number of pyridine rings is 1. The van der Waals surface area contributed by atoms with Crippen LogP contribution in [0.1, 0.15) is 12.8 Å². The summed E-state index contributed by atoms with van der Waals surface area (Å²) in [7, 11) is 1.42. The molecular weight excluding hydrogens is 315 g/mol. The Balaban J connectivity index is 2.48. The van der Waals surface area contributed by atoms with Crippen LogP contribution in [0.15, 0.2) is 23.2 Å². The standard InChI is InChI=1S/C13H18F3N5O2/c1-22-9(17)4-3-7-23-11-6-2-5-10(20-11)21-12(18)19-8-13(14,15)16/h2,5-6,17H,3-4,7-8H2,1H3,(H3,18,19,20,21). The summed E-state index contributed by atoms with van der Waals surface area (Å²) in [5, 5.41) is 9.76. The van der Waals surface area contributed by atoms with Crippen molar-refractivity contribution < 1.29 is 22.6 Å². The highest BCUT2D eigenvalue weighted by Crippen LogP contribution is 2.15.